The molecule has 3 aromatic rings. The average Bonchev–Trinajstić information content (AvgIpc) is 2.44. The highest BCUT2D eigenvalue weighted by Gasteiger charge is 2.11. The van der Waals surface area contributed by atoms with Crippen molar-refractivity contribution in [3.05, 3.63) is 60.2 Å². The molecule has 18 heavy (non-hydrogen) atoms. The molecule has 0 N–H and O–H groups in total. The van der Waals surface area contributed by atoms with Gasteiger partial charge in [-0.3, -0.25) is 0 Å². The van der Waals surface area contributed by atoms with Crippen LogP contribution in [0.25, 0.3) is 21.5 Å². The van der Waals surface area contributed by atoms with Crippen molar-refractivity contribution in [1.82, 2.24) is 0 Å². The smallest absolute Gasteiger partial charge is 0.0433 e. The third-order valence-electron chi connectivity index (χ3n) is 3.50. The Kier molecular flexibility index (Phi) is 2.54. The van der Waals surface area contributed by atoms with Crippen molar-refractivity contribution in [2.75, 3.05) is 0 Å². The molecule has 3 aromatic carbocycles. The maximum absolute atomic E-state index is 5.64. The van der Waals surface area contributed by atoms with E-state index in [0.29, 0.717) is 0 Å². The Bertz CT molecular complexity index is 706. The Hall–Kier alpha value is -2.26. The van der Waals surface area contributed by atoms with Crippen LogP contribution >= 0.6 is 0 Å². The molecule has 0 radical (unpaired) electrons. The van der Waals surface area contributed by atoms with E-state index in [0.717, 1.165) is 0 Å². The minimum atomic E-state index is 0.126. The lowest BCUT2D eigenvalue weighted by Gasteiger charge is -2.13. The summed E-state index contributed by atoms with van der Waals surface area (Å²) < 4.78 is 0. The van der Waals surface area contributed by atoms with E-state index in [2.05, 4.69) is 67.4 Å². The third-order valence-corrected chi connectivity index (χ3v) is 3.50. The lowest BCUT2D eigenvalue weighted by Crippen LogP contribution is -1.93. The number of benzene rings is 3. The lowest BCUT2D eigenvalue weighted by atomic mass is 9.90. The first-order valence-corrected chi connectivity index (χ1v) is 6.18. The molecule has 0 amide bonds. The highest BCUT2D eigenvalue weighted by molar-refractivity contribution is 6.02. The van der Waals surface area contributed by atoms with E-state index in [1.54, 1.807) is 0 Å². The van der Waals surface area contributed by atoms with Gasteiger partial charge in [0.2, 0.25) is 0 Å². The second kappa shape index (κ2) is 4.20. The number of fused-ring (bicyclic) bond motifs is 2. The Labute approximate surface area is 107 Å². The fourth-order valence-corrected chi connectivity index (χ4v) is 2.60. The van der Waals surface area contributed by atoms with Crippen molar-refractivity contribution in [2.24, 2.45) is 0 Å². The molecular formula is C18H14. The Morgan fingerprint density at radius 2 is 1.39 bits per heavy atom. The number of rotatable bonds is 1. The average molecular weight is 230 g/mol. The van der Waals surface area contributed by atoms with Crippen LogP contribution in [0.4, 0.5) is 0 Å². The van der Waals surface area contributed by atoms with Crippen LogP contribution in [0.15, 0.2) is 54.6 Å². The second-order valence-corrected chi connectivity index (χ2v) is 4.62. The van der Waals surface area contributed by atoms with Crippen LogP contribution in [0.5, 0.6) is 0 Å². The Morgan fingerprint density at radius 1 is 0.889 bits per heavy atom. The molecule has 0 heterocycles. The van der Waals surface area contributed by atoms with Crippen LogP contribution in [0.2, 0.25) is 0 Å². The van der Waals surface area contributed by atoms with Gasteiger partial charge < -0.3 is 0 Å². The van der Waals surface area contributed by atoms with E-state index in [1.165, 1.54) is 27.1 Å². The van der Waals surface area contributed by atoms with Crippen molar-refractivity contribution >= 4 is 21.5 Å². The molecule has 3 rings (SSSR count). The summed E-state index contributed by atoms with van der Waals surface area (Å²) in [5.74, 6) is 2.99. The van der Waals surface area contributed by atoms with Crippen molar-refractivity contribution in [3.63, 3.8) is 0 Å². The molecule has 1 unspecified atom stereocenters. The van der Waals surface area contributed by atoms with Crippen LogP contribution in [-0.4, -0.2) is 0 Å². The standard InChI is InChI=1S/C18H14/c1-3-13(2)18-16-10-6-4-8-14(16)12-15-9-5-7-11-17(15)18/h1,4-13H,2H3. The second-order valence-electron chi connectivity index (χ2n) is 4.62. The predicted octanol–water partition coefficient (Wildman–Crippen LogP) is 4.73. The molecule has 0 aliphatic rings. The van der Waals surface area contributed by atoms with E-state index in [4.69, 9.17) is 6.42 Å². The fraction of sp³-hybridized carbons (Fsp3) is 0.111. The van der Waals surface area contributed by atoms with Gasteiger partial charge in [-0.2, -0.15) is 0 Å². The van der Waals surface area contributed by atoms with Gasteiger partial charge in [0.05, 0.1) is 0 Å². The first kappa shape index (κ1) is 10.9. The van der Waals surface area contributed by atoms with Crippen molar-refractivity contribution < 1.29 is 0 Å². The van der Waals surface area contributed by atoms with Crippen LogP contribution in [0.3, 0.4) is 0 Å². The van der Waals surface area contributed by atoms with Crippen molar-refractivity contribution in [2.45, 2.75) is 12.8 Å². The highest BCUT2D eigenvalue weighted by Crippen LogP contribution is 2.33. The predicted molar refractivity (Wildman–Crippen MR) is 78.7 cm³/mol. The van der Waals surface area contributed by atoms with Gasteiger partial charge in [-0.15, -0.1) is 6.42 Å². The minimum absolute atomic E-state index is 0.126. The summed E-state index contributed by atoms with van der Waals surface area (Å²) in [6, 6.07) is 19.1. The molecule has 0 nitrogen and oxygen atoms in total. The molecule has 0 spiro atoms. The molecule has 0 saturated carbocycles. The maximum Gasteiger partial charge on any atom is 0.0433 e. The summed E-state index contributed by atoms with van der Waals surface area (Å²) in [5.41, 5.74) is 1.27. The zero-order valence-corrected chi connectivity index (χ0v) is 10.4. The van der Waals surface area contributed by atoms with Crippen molar-refractivity contribution in [1.29, 1.82) is 0 Å². The molecule has 0 saturated heterocycles. The van der Waals surface area contributed by atoms with Crippen molar-refractivity contribution in [3.8, 4) is 12.3 Å². The summed E-state index contributed by atoms with van der Waals surface area (Å²) in [4.78, 5) is 0. The molecule has 0 fully saturated rings. The van der Waals surface area contributed by atoms with Gasteiger partial charge >= 0.3 is 0 Å². The number of hydrogen-bond donors (Lipinski definition) is 0. The molecule has 0 aliphatic heterocycles. The molecule has 86 valence electrons. The first-order valence-electron chi connectivity index (χ1n) is 6.18. The molecule has 0 aromatic heterocycles. The fourth-order valence-electron chi connectivity index (χ4n) is 2.60. The molecule has 0 bridgehead atoms. The lowest BCUT2D eigenvalue weighted by molar-refractivity contribution is 1.03. The molecule has 1 atom stereocenters. The topological polar surface area (TPSA) is 0 Å². The molecule has 0 aliphatic carbocycles. The number of terminal acetylenes is 1. The zero-order valence-electron chi connectivity index (χ0n) is 10.4. The van der Waals surface area contributed by atoms with E-state index in [1.807, 2.05) is 0 Å². The summed E-state index contributed by atoms with van der Waals surface area (Å²) in [6.07, 6.45) is 5.64. The first-order chi connectivity index (χ1) is 8.81. The number of hydrogen-bond acceptors (Lipinski definition) is 0. The zero-order chi connectivity index (χ0) is 12.5. The summed E-state index contributed by atoms with van der Waals surface area (Å²) in [6.45, 7) is 2.09. The Morgan fingerprint density at radius 3 is 1.89 bits per heavy atom. The van der Waals surface area contributed by atoms with Gasteiger partial charge in [0, 0.05) is 5.92 Å². The van der Waals surface area contributed by atoms with Gasteiger partial charge in [0.1, 0.15) is 0 Å². The minimum Gasteiger partial charge on any atom is -0.119 e. The van der Waals surface area contributed by atoms with Gasteiger partial charge in [0.25, 0.3) is 0 Å². The van der Waals surface area contributed by atoms with E-state index >= 15 is 0 Å². The van der Waals surface area contributed by atoms with Gasteiger partial charge in [0.15, 0.2) is 0 Å². The molecule has 0 heteroatoms. The van der Waals surface area contributed by atoms with E-state index in [9.17, 15) is 0 Å². The summed E-state index contributed by atoms with van der Waals surface area (Å²) >= 11 is 0. The van der Waals surface area contributed by atoms with Crippen LogP contribution in [0.1, 0.15) is 18.4 Å². The Balaban J connectivity index is 2.54. The SMILES string of the molecule is C#CC(C)c1c2ccccc2cc2ccccc12. The van der Waals surface area contributed by atoms with Crippen LogP contribution in [-0.2, 0) is 0 Å². The third kappa shape index (κ3) is 1.57. The summed E-state index contributed by atoms with van der Waals surface area (Å²) in [7, 11) is 0. The normalized spacial score (nSPS) is 12.4. The van der Waals surface area contributed by atoms with E-state index < -0.39 is 0 Å². The van der Waals surface area contributed by atoms with E-state index in [-0.39, 0.29) is 5.92 Å². The van der Waals surface area contributed by atoms with Crippen LogP contribution in [0, 0.1) is 12.3 Å². The summed E-state index contributed by atoms with van der Waals surface area (Å²) in [5, 5.41) is 5.05. The molecular weight excluding hydrogens is 216 g/mol. The van der Waals surface area contributed by atoms with Gasteiger partial charge in [-0.05, 0) is 40.1 Å². The monoisotopic (exact) mass is 230 g/mol. The largest absolute Gasteiger partial charge is 0.119 e. The van der Waals surface area contributed by atoms with Gasteiger partial charge in [-0.25, -0.2) is 0 Å². The van der Waals surface area contributed by atoms with Crippen LogP contribution < -0.4 is 0 Å². The van der Waals surface area contributed by atoms with Gasteiger partial charge in [-0.1, -0.05) is 54.5 Å². The maximum atomic E-state index is 5.64. The quantitative estimate of drug-likeness (QED) is 0.419. The highest BCUT2D eigenvalue weighted by atomic mass is 14.1.